The van der Waals surface area contributed by atoms with Gasteiger partial charge in [-0.3, -0.25) is 0 Å². The highest BCUT2D eigenvalue weighted by Crippen LogP contribution is 2.29. The van der Waals surface area contributed by atoms with E-state index in [4.69, 9.17) is 5.11 Å². The Balaban J connectivity index is 2.92. The van der Waals surface area contributed by atoms with E-state index >= 15 is 0 Å². The molecule has 0 bridgehead atoms. The van der Waals surface area contributed by atoms with Crippen molar-refractivity contribution in [3.63, 3.8) is 0 Å². The summed E-state index contributed by atoms with van der Waals surface area (Å²) in [5, 5.41) is 12.1. The van der Waals surface area contributed by atoms with Gasteiger partial charge in [0.15, 0.2) is 0 Å². The molecule has 2 nitrogen and oxygen atoms in total. The number of hydrogen-bond acceptors (Lipinski definition) is 3. The fraction of sp³-hybridized carbons (Fsp3) is 0.500. The van der Waals surface area contributed by atoms with E-state index in [-0.39, 0.29) is 18.5 Å². The predicted octanol–water partition coefficient (Wildman–Crippen LogP) is 2.58. The highest BCUT2D eigenvalue weighted by molar-refractivity contribution is 7.99. The Morgan fingerprint density at radius 3 is 2.88 bits per heavy atom. The van der Waals surface area contributed by atoms with E-state index in [0.717, 1.165) is 12.1 Å². The molecule has 90 valence electrons. The van der Waals surface area contributed by atoms with Crippen LogP contribution >= 0.6 is 11.8 Å². The van der Waals surface area contributed by atoms with E-state index in [0.29, 0.717) is 10.6 Å². The Bertz CT molecular complexity index is 333. The molecule has 16 heavy (non-hydrogen) atoms. The van der Waals surface area contributed by atoms with Gasteiger partial charge in [0, 0.05) is 16.7 Å². The maximum absolute atomic E-state index is 13.6. The van der Waals surface area contributed by atoms with Gasteiger partial charge >= 0.3 is 0 Å². The second-order valence-electron chi connectivity index (χ2n) is 3.51. The van der Waals surface area contributed by atoms with Crippen LogP contribution in [0.15, 0.2) is 23.1 Å². The first-order valence-electron chi connectivity index (χ1n) is 5.46. The molecule has 0 heterocycles. The molecule has 2 N–H and O–H groups in total. The van der Waals surface area contributed by atoms with Crippen LogP contribution in [0.2, 0.25) is 0 Å². The summed E-state index contributed by atoms with van der Waals surface area (Å²) in [4.78, 5) is 0.644. The number of aliphatic hydroxyl groups excluding tert-OH is 1. The van der Waals surface area contributed by atoms with Gasteiger partial charge in [0.2, 0.25) is 0 Å². The highest BCUT2D eigenvalue weighted by Gasteiger charge is 2.13. The van der Waals surface area contributed by atoms with Crippen LogP contribution in [0.3, 0.4) is 0 Å². The molecule has 1 rings (SSSR count). The van der Waals surface area contributed by atoms with Crippen molar-refractivity contribution in [1.82, 2.24) is 5.32 Å². The Morgan fingerprint density at radius 2 is 2.25 bits per heavy atom. The third-order valence-electron chi connectivity index (χ3n) is 2.31. The Kier molecular flexibility index (Phi) is 5.80. The molecule has 0 amide bonds. The zero-order chi connectivity index (χ0) is 12.0. The fourth-order valence-corrected chi connectivity index (χ4v) is 2.50. The maximum atomic E-state index is 13.6. The molecule has 0 radical (unpaired) electrons. The SMILES string of the molecule is CCNC(C)c1cccc(F)c1SCCO. The number of rotatable bonds is 6. The molecule has 0 aliphatic carbocycles. The van der Waals surface area contributed by atoms with Crippen molar-refractivity contribution in [3.05, 3.63) is 29.6 Å². The molecule has 0 aliphatic rings. The minimum atomic E-state index is -0.208. The van der Waals surface area contributed by atoms with Gasteiger partial charge < -0.3 is 10.4 Å². The molecule has 0 fully saturated rings. The molecule has 0 saturated carbocycles. The third-order valence-corrected chi connectivity index (χ3v) is 3.42. The second kappa shape index (κ2) is 6.89. The third kappa shape index (κ3) is 3.47. The zero-order valence-corrected chi connectivity index (χ0v) is 10.5. The number of nitrogens with one attached hydrogen (secondary N) is 1. The molecule has 0 spiro atoms. The summed E-state index contributed by atoms with van der Waals surface area (Å²) in [6.45, 7) is 4.95. The van der Waals surface area contributed by atoms with Crippen molar-refractivity contribution < 1.29 is 9.50 Å². The average Bonchev–Trinajstić information content (AvgIpc) is 2.27. The smallest absolute Gasteiger partial charge is 0.137 e. The van der Waals surface area contributed by atoms with Crippen LogP contribution in [0.4, 0.5) is 4.39 Å². The minimum Gasteiger partial charge on any atom is -0.396 e. The first-order valence-corrected chi connectivity index (χ1v) is 6.44. The second-order valence-corrected chi connectivity index (χ2v) is 4.61. The lowest BCUT2D eigenvalue weighted by Crippen LogP contribution is -2.18. The first-order chi connectivity index (χ1) is 7.70. The average molecular weight is 243 g/mol. The molecule has 0 aliphatic heterocycles. The number of hydrogen-bond donors (Lipinski definition) is 2. The lowest BCUT2D eigenvalue weighted by Gasteiger charge is -2.17. The summed E-state index contributed by atoms with van der Waals surface area (Å²) in [5.41, 5.74) is 0.959. The molecule has 4 heteroatoms. The van der Waals surface area contributed by atoms with E-state index in [1.54, 1.807) is 6.07 Å². The lowest BCUT2D eigenvalue weighted by atomic mass is 10.1. The van der Waals surface area contributed by atoms with Gasteiger partial charge in [-0.05, 0) is 25.1 Å². The zero-order valence-electron chi connectivity index (χ0n) is 9.66. The number of thioether (sulfide) groups is 1. The van der Waals surface area contributed by atoms with Crippen molar-refractivity contribution in [1.29, 1.82) is 0 Å². The monoisotopic (exact) mass is 243 g/mol. The summed E-state index contributed by atoms with van der Waals surface area (Å²) in [5.74, 6) is 0.313. The van der Waals surface area contributed by atoms with E-state index in [9.17, 15) is 4.39 Å². The van der Waals surface area contributed by atoms with Gasteiger partial charge in [0.1, 0.15) is 5.82 Å². The summed E-state index contributed by atoms with van der Waals surface area (Å²) in [7, 11) is 0. The van der Waals surface area contributed by atoms with Crippen molar-refractivity contribution in [2.75, 3.05) is 18.9 Å². The Hall–Kier alpha value is -0.580. The molecular formula is C12H18FNOS. The lowest BCUT2D eigenvalue weighted by molar-refractivity contribution is 0.322. The highest BCUT2D eigenvalue weighted by atomic mass is 32.2. The van der Waals surface area contributed by atoms with Crippen LogP contribution < -0.4 is 5.32 Å². The van der Waals surface area contributed by atoms with Crippen LogP contribution in [0.5, 0.6) is 0 Å². The van der Waals surface area contributed by atoms with Crippen LogP contribution in [-0.2, 0) is 0 Å². The molecule has 1 aromatic rings. The molecule has 1 aromatic carbocycles. The largest absolute Gasteiger partial charge is 0.396 e. The van der Waals surface area contributed by atoms with Crippen molar-refractivity contribution in [2.24, 2.45) is 0 Å². The standard InChI is InChI=1S/C12H18FNOS/c1-3-14-9(2)10-5-4-6-11(13)12(10)16-8-7-15/h4-6,9,14-15H,3,7-8H2,1-2H3. The van der Waals surface area contributed by atoms with Gasteiger partial charge in [-0.2, -0.15) is 0 Å². The summed E-state index contributed by atoms with van der Waals surface area (Å²) in [6, 6.07) is 5.24. The molecule has 1 unspecified atom stereocenters. The van der Waals surface area contributed by atoms with Crippen LogP contribution in [0, 0.1) is 5.82 Å². The van der Waals surface area contributed by atoms with Crippen LogP contribution in [-0.4, -0.2) is 24.0 Å². The van der Waals surface area contributed by atoms with Crippen molar-refractivity contribution >= 4 is 11.8 Å². The van der Waals surface area contributed by atoms with E-state index in [2.05, 4.69) is 5.32 Å². The van der Waals surface area contributed by atoms with Crippen molar-refractivity contribution in [2.45, 2.75) is 24.8 Å². The summed E-state index contributed by atoms with van der Waals surface area (Å²) >= 11 is 1.36. The molecule has 0 saturated heterocycles. The van der Waals surface area contributed by atoms with Gasteiger partial charge in [-0.1, -0.05) is 19.1 Å². The molecule has 1 atom stereocenters. The summed E-state index contributed by atoms with van der Waals surface area (Å²) < 4.78 is 13.6. The van der Waals surface area contributed by atoms with E-state index < -0.39 is 0 Å². The molecule has 0 aromatic heterocycles. The summed E-state index contributed by atoms with van der Waals surface area (Å²) in [6.07, 6.45) is 0. The maximum Gasteiger partial charge on any atom is 0.137 e. The predicted molar refractivity (Wildman–Crippen MR) is 66.3 cm³/mol. The van der Waals surface area contributed by atoms with Crippen LogP contribution in [0.25, 0.3) is 0 Å². The van der Waals surface area contributed by atoms with Gasteiger partial charge in [0.25, 0.3) is 0 Å². The molecular weight excluding hydrogens is 225 g/mol. The van der Waals surface area contributed by atoms with Gasteiger partial charge in [-0.25, -0.2) is 4.39 Å². The number of benzene rings is 1. The van der Waals surface area contributed by atoms with Gasteiger partial charge in [-0.15, -0.1) is 11.8 Å². The van der Waals surface area contributed by atoms with Crippen molar-refractivity contribution in [3.8, 4) is 0 Å². The van der Waals surface area contributed by atoms with Crippen LogP contribution in [0.1, 0.15) is 25.5 Å². The quantitative estimate of drug-likeness (QED) is 0.753. The number of halogens is 1. The Morgan fingerprint density at radius 1 is 1.50 bits per heavy atom. The Labute approximate surface area is 100 Å². The minimum absolute atomic E-state index is 0.0635. The normalized spacial score (nSPS) is 12.8. The fourth-order valence-electron chi connectivity index (χ4n) is 1.58. The van der Waals surface area contributed by atoms with E-state index in [1.165, 1.54) is 17.8 Å². The topological polar surface area (TPSA) is 32.3 Å². The number of aliphatic hydroxyl groups is 1. The van der Waals surface area contributed by atoms with E-state index in [1.807, 2.05) is 19.9 Å². The first kappa shape index (κ1) is 13.5. The van der Waals surface area contributed by atoms with Gasteiger partial charge in [0.05, 0.1) is 6.61 Å².